The molecule has 8 heteroatoms. The average molecular weight is 428 g/mol. The molecule has 0 spiro atoms. The second-order valence-electron chi connectivity index (χ2n) is 7.96. The third-order valence-electron chi connectivity index (χ3n) is 5.71. The van der Waals surface area contributed by atoms with Gasteiger partial charge in [0.05, 0.1) is 25.1 Å². The molecule has 4 aromatic rings. The van der Waals surface area contributed by atoms with Crippen LogP contribution in [0.5, 0.6) is 0 Å². The van der Waals surface area contributed by atoms with E-state index in [2.05, 4.69) is 43.7 Å². The minimum atomic E-state index is -0.190. The van der Waals surface area contributed by atoms with E-state index >= 15 is 0 Å². The van der Waals surface area contributed by atoms with E-state index in [-0.39, 0.29) is 5.91 Å². The Hall–Kier alpha value is -3.78. The molecule has 3 heterocycles. The Balaban J connectivity index is 1.48. The molecule has 0 aliphatic carbocycles. The van der Waals surface area contributed by atoms with Crippen molar-refractivity contribution in [1.82, 2.24) is 19.9 Å². The van der Waals surface area contributed by atoms with Gasteiger partial charge in [-0.1, -0.05) is 12.1 Å². The average Bonchev–Trinajstić information content (AvgIpc) is 3.23. The first-order valence-electron chi connectivity index (χ1n) is 10.6. The maximum absolute atomic E-state index is 12.8. The van der Waals surface area contributed by atoms with Crippen molar-refractivity contribution in [2.45, 2.75) is 13.8 Å². The van der Waals surface area contributed by atoms with Crippen molar-refractivity contribution in [2.24, 2.45) is 0 Å². The van der Waals surface area contributed by atoms with Gasteiger partial charge >= 0.3 is 0 Å². The number of fused-ring (bicyclic) bond motifs is 1. The maximum atomic E-state index is 12.8. The highest BCUT2D eigenvalue weighted by atomic mass is 16.5. The first kappa shape index (κ1) is 20.1. The lowest BCUT2D eigenvalue weighted by molar-refractivity contribution is 0.101. The first-order chi connectivity index (χ1) is 15.6. The molecule has 1 N–H and O–H groups in total. The van der Waals surface area contributed by atoms with Gasteiger partial charge in [0.2, 0.25) is 0 Å². The van der Waals surface area contributed by atoms with E-state index in [1.165, 1.54) is 0 Å². The molecule has 8 nitrogen and oxygen atoms in total. The van der Waals surface area contributed by atoms with Gasteiger partial charge in [-0.2, -0.15) is 5.10 Å². The van der Waals surface area contributed by atoms with Crippen LogP contribution in [0.1, 0.15) is 21.6 Å². The third kappa shape index (κ3) is 3.92. The molecule has 1 saturated heterocycles. The number of anilines is 1. The standard InChI is InChI=1S/C24H24N6O2/c1-16-3-4-19(24(31)28-30-14-17(2)25-15-30)12-22(16)18-5-6-21-20(11-18)13-26-27-23(21)29-7-9-32-10-8-29/h3-6,11-15H,7-10H2,1-2H3,(H,28,31). The second-order valence-corrected chi connectivity index (χ2v) is 7.96. The normalized spacial score (nSPS) is 14.0. The van der Waals surface area contributed by atoms with Crippen molar-refractivity contribution in [3.63, 3.8) is 0 Å². The molecule has 162 valence electrons. The summed E-state index contributed by atoms with van der Waals surface area (Å²) < 4.78 is 7.03. The summed E-state index contributed by atoms with van der Waals surface area (Å²) in [6, 6.07) is 12.0. The predicted octanol–water partition coefficient (Wildman–Crippen LogP) is 3.33. The number of aromatic nitrogens is 4. The molecule has 0 radical (unpaired) electrons. The summed E-state index contributed by atoms with van der Waals surface area (Å²) in [7, 11) is 0. The van der Waals surface area contributed by atoms with Crippen molar-refractivity contribution in [2.75, 3.05) is 36.6 Å². The summed E-state index contributed by atoms with van der Waals surface area (Å²) in [5.41, 5.74) is 7.38. The zero-order valence-electron chi connectivity index (χ0n) is 18.1. The summed E-state index contributed by atoms with van der Waals surface area (Å²) in [5, 5.41) is 10.7. The third-order valence-corrected chi connectivity index (χ3v) is 5.71. The number of rotatable bonds is 4. The van der Waals surface area contributed by atoms with Crippen LogP contribution in [-0.2, 0) is 4.74 Å². The molecule has 0 atom stereocenters. The van der Waals surface area contributed by atoms with Gasteiger partial charge in [0.25, 0.3) is 5.91 Å². The molecule has 1 amide bonds. The fourth-order valence-electron chi connectivity index (χ4n) is 3.99. The molecule has 0 saturated carbocycles. The molecule has 1 aliphatic rings. The fourth-order valence-corrected chi connectivity index (χ4v) is 3.99. The van der Waals surface area contributed by atoms with Crippen LogP contribution in [0, 0.1) is 13.8 Å². The molecule has 2 aromatic carbocycles. The number of aryl methyl sites for hydroxylation is 2. The molecule has 5 rings (SSSR count). The Morgan fingerprint density at radius 3 is 2.72 bits per heavy atom. The Labute approximate surface area is 185 Å². The van der Waals surface area contributed by atoms with Crippen LogP contribution in [0.3, 0.4) is 0 Å². The number of carbonyl (C=O) groups is 1. The second kappa shape index (κ2) is 8.39. The topological polar surface area (TPSA) is 85.2 Å². The molecule has 32 heavy (non-hydrogen) atoms. The van der Waals surface area contributed by atoms with E-state index in [0.717, 1.165) is 52.1 Å². The summed E-state index contributed by atoms with van der Waals surface area (Å²) in [4.78, 5) is 19.1. The van der Waals surface area contributed by atoms with Gasteiger partial charge < -0.3 is 9.64 Å². The smallest absolute Gasteiger partial charge is 0.270 e. The number of benzene rings is 2. The summed E-state index contributed by atoms with van der Waals surface area (Å²) in [6.07, 6.45) is 5.14. The number of nitrogens with one attached hydrogen (secondary N) is 1. The highest BCUT2D eigenvalue weighted by Gasteiger charge is 2.17. The zero-order valence-corrected chi connectivity index (χ0v) is 18.1. The van der Waals surface area contributed by atoms with Crippen molar-refractivity contribution < 1.29 is 9.53 Å². The monoisotopic (exact) mass is 428 g/mol. The highest BCUT2D eigenvalue weighted by molar-refractivity contribution is 6.01. The van der Waals surface area contributed by atoms with Crippen LogP contribution in [0.25, 0.3) is 21.9 Å². The zero-order chi connectivity index (χ0) is 22.1. The van der Waals surface area contributed by atoms with Crippen LogP contribution < -0.4 is 10.3 Å². The van der Waals surface area contributed by atoms with Gasteiger partial charge in [-0.05, 0) is 54.8 Å². The SMILES string of the molecule is Cc1cn(NC(=O)c2ccc(C)c(-c3ccc4c(N5CCOCC5)nncc4c3)c2)cn1. The van der Waals surface area contributed by atoms with E-state index in [1.54, 1.807) is 23.4 Å². The van der Waals surface area contributed by atoms with Crippen molar-refractivity contribution >= 4 is 22.5 Å². The van der Waals surface area contributed by atoms with Crippen LogP contribution in [0.2, 0.25) is 0 Å². The lowest BCUT2D eigenvalue weighted by Gasteiger charge is -2.28. The lowest BCUT2D eigenvalue weighted by atomic mass is 9.96. The number of imidazole rings is 1. The minimum absolute atomic E-state index is 0.190. The maximum Gasteiger partial charge on any atom is 0.270 e. The highest BCUT2D eigenvalue weighted by Crippen LogP contribution is 2.31. The van der Waals surface area contributed by atoms with Gasteiger partial charge in [-0.25, -0.2) is 9.66 Å². The van der Waals surface area contributed by atoms with E-state index in [0.29, 0.717) is 18.8 Å². The Morgan fingerprint density at radius 1 is 1.09 bits per heavy atom. The summed E-state index contributed by atoms with van der Waals surface area (Å²) in [5.74, 6) is 0.697. The van der Waals surface area contributed by atoms with Crippen LogP contribution in [0.4, 0.5) is 5.82 Å². The van der Waals surface area contributed by atoms with E-state index < -0.39 is 0 Å². The number of ether oxygens (including phenoxy) is 1. The van der Waals surface area contributed by atoms with Gasteiger partial charge in [-0.15, -0.1) is 5.10 Å². The fraction of sp³-hybridized carbons (Fsp3) is 0.250. The number of nitrogens with zero attached hydrogens (tertiary/aromatic N) is 5. The Bertz CT molecular complexity index is 1290. The summed E-state index contributed by atoms with van der Waals surface area (Å²) in [6.45, 7) is 6.93. The minimum Gasteiger partial charge on any atom is -0.378 e. The van der Waals surface area contributed by atoms with E-state index in [1.807, 2.05) is 32.0 Å². The van der Waals surface area contributed by atoms with Crippen molar-refractivity contribution in [3.05, 3.63) is 71.9 Å². The molecule has 1 fully saturated rings. The van der Waals surface area contributed by atoms with Gasteiger partial charge in [0, 0.05) is 35.6 Å². The molecule has 0 bridgehead atoms. The van der Waals surface area contributed by atoms with Gasteiger partial charge in [0.1, 0.15) is 6.33 Å². The number of morpholine rings is 1. The van der Waals surface area contributed by atoms with Crippen LogP contribution in [-0.4, -0.2) is 52.1 Å². The lowest BCUT2D eigenvalue weighted by Crippen LogP contribution is -2.37. The Morgan fingerprint density at radius 2 is 1.94 bits per heavy atom. The molecule has 1 aliphatic heterocycles. The number of hydrogen-bond donors (Lipinski definition) is 1. The molecular formula is C24H24N6O2. The molecule has 0 unspecified atom stereocenters. The van der Waals surface area contributed by atoms with Gasteiger partial charge in [0.15, 0.2) is 5.82 Å². The predicted molar refractivity (Wildman–Crippen MR) is 123 cm³/mol. The quantitative estimate of drug-likeness (QED) is 0.537. The first-order valence-corrected chi connectivity index (χ1v) is 10.6. The number of hydrogen-bond acceptors (Lipinski definition) is 6. The summed E-state index contributed by atoms with van der Waals surface area (Å²) >= 11 is 0. The largest absolute Gasteiger partial charge is 0.378 e. The number of amides is 1. The van der Waals surface area contributed by atoms with E-state index in [9.17, 15) is 4.79 Å². The molecule has 2 aromatic heterocycles. The Kier molecular flexibility index (Phi) is 5.28. The van der Waals surface area contributed by atoms with E-state index in [4.69, 9.17) is 4.74 Å². The van der Waals surface area contributed by atoms with Crippen LogP contribution >= 0.6 is 0 Å². The van der Waals surface area contributed by atoms with Crippen molar-refractivity contribution in [3.8, 4) is 11.1 Å². The van der Waals surface area contributed by atoms with Crippen molar-refractivity contribution in [1.29, 1.82) is 0 Å². The van der Waals surface area contributed by atoms with Gasteiger partial charge in [-0.3, -0.25) is 10.2 Å². The number of carbonyl (C=O) groups excluding carboxylic acids is 1. The van der Waals surface area contributed by atoms with Crippen LogP contribution in [0.15, 0.2) is 55.1 Å². The molecular weight excluding hydrogens is 404 g/mol.